The Balaban J connectivity index is 3.31. The lowest BCUT2D eigenvalue weighted by atomic mass is 10.1. The van der Waals surface area contributed by atoms with Gasteiger partial charge in [0.25, 0.3) is 0 Å². The number of rotatable bonds is 3. The van der Waals surface area contributed by atoms with E-state index < -0.39 is 10.1 Å². The van der Waals surface area contributed by atoms with Gasteiger partial charge in [-0.3, -0.25) is 4.79 Å². The van der Waals surface area contributed by atoms with Gasteiger partial charge >= 0.3 is 0 Å². The highest BCUT2D eigenvalue weighted by Crippen LogP contribution is 2.39. The average molecular weight is 232 g/mol. The number of carbonyl (C=O) groups excluding carboxylic acids is 1. The van der Waals surface area contributed by atoms with Crippen molar-refractivity contribution in [1.29, 1.82) is 0 Å². The number of hydrogen-bond acceptors (Lipinski definition) is 3. The highest BCUT2D eigenvalue weighted by atomic mass is 35.5. The second-order valence-electron chi connectivity index (χ2n) is 2.74. The third-order valence-corrected chi connectivity index (χ3v) is 2.72. The molecule has 3 nitrogen and oxygen atoms in total. The molecule has 0 aliphatic heterocycles. The molecule has 0 saturated heterocycles. The van der Waals surface area contributed by atoms with Crippen LogP contribution >= 0.6 is 23.2 Å². The number of ketones is 1. The maximum atomic E-state index is 11.1. The lowest BCUT2D eigenvalue weighted by molar-refractivity contribution is -0.117. The van der Waals surface area contributed by atoms with E-state index in [2.05, 4.69) is 5.18 Å². The van der Waals surface area contributed by atoms with Crippen LogP contribution in [0.5, 0.6) is 0 Å². The topological polar surface area (TPSA) is 46.5 Å². The molecular formula is C9H7Cl2NO2. The van der Waals surface area contributed by atoms with Crippen molar-refractivity contribution in [3.63, 3.8) is 0 Å². The van der Waals surface area contributed by atoms with Gasteiger partial charge in [0, 0.05) is 5.56 Å². The maximum Gasteiger partial charge on any atom is 0.202 e. The van der Waals surface area contributed by atoms with Crippen molar-refractivity contribution in [3.8, 4) is 0 Å². The van der Waals surface area contributed by atoms with Crippen LogP contribution in [0.1, 0.15) is 12.5 Å². The first kappa shape index (κ1) is 11.1. The van der Waals surface area contributed by atoms with E-state index in [-0.39, 0.29) is 11.3 Å². The standard InChI is InChI=1S/C9H7Cl2NO2/c1-6(13)9(10,11)7-4-2-3-5-8(7)12-14/h2-5H,1H3. The Morgan fingerprint density at radius 3 is 2.43 bits per heavy atom. The van der Waals surface area contributed by atoms with Crippen LogP contribution < -0.4 is 0 Å². The van der Waals surface area contributed by atoms with Gasteiger partial charge in [-0.1, -0.05) is 41.4 Å². The lowest BCUT2D eigenvalue weighted by Gasteiger charge is -2.16. The van der Waals surface area contributed by atoms with Crippen molar-refractivity contribution in [2.45, 2.75) is 11.3 Å². The highest BCUT2D eigenvalue weighted by Gasteiger charge is 2.34. The summed E-state index contributed by atoms with van der Waals surface area (Å²) in [6.07, 6.45) is 0. The molecule has 0 amide bonds. The molecule has 0 unspecified atom stereocenters. The van der Waals surface area contributed by atoms with Crippen molar-refractivity contribution in [2.75, 3.05) is 0 Å². The molecule has 0 fully saturated rings. The van der Waals surface area contributed by atoms with Gasteiger partial charge in [-0.05, 0) is 18.2 Å². The zero-order valence-electron chi connectivity index (χ0n) is 7.33. The van der Waals surface area contributed by atoms with Gasteiger partial charge in [0.1, 0.15) is 5.69 Å². The van der Waals surface area contributed by atoms with Crippen LogP contribution in [-0.4, -0.2) is 5.78 Å². The van der Waals surface area contributed by atoms with Crippen molar-refractivity contribution < 1.29 is 4.79 Å². The van der Waals surface area contributed by atoms with Crippen LogP contribution in [0.3, 0.4) is 0 Å². The first-order chi connectivity index (χ1) is 6.50. The summed E-state index contributed by atoms with van der Waals surface area (Å²) < 4.78 is -1.70. The molecule has 14 heavy (non-hydrogen) atoms. The van der Waals surface area contributed by atoms with Gasteiger partial charge in [0.2, 0.25) is 4.33 Å². The molecule has 0 spiro atoms. The Morgan fingerprint density at radius 2 is 1.93 bits per heavy atom. The number of nitrogens with zero attached hydrogens (tertiary/aromatic N) is 1. The van der Waals surface area contributed by atoms with E-state index in [1.807, 2.05) is 0 Å². The summed E-state index contributed by atoms with van der Waals surface area (Å²) in [5.74, 6) is -0.447. The van der Waals surface area contributed by atoms with Gasteiger partial charge in [0.05, 0.1) is 0 Å². The summed E-state index contributed by atoms with van der Waals surface area (Å²) in [6.45, 7) is 1.25. The number of nitroso groups, excluding NO2 is 1. The molecule has 0 heterocycles. The van der Waals surface area contributed by atoms with Crippen molar-refractivity contribution in [1.82, 2.24) is 0 Å². The Bertz CT molecular complexity index is 377. The third-order valence-electron chi connectivity index (χ3n) is 1.78. The predicted octanol–water partition coefficient (Wildman–Crippen LogP) is 3.30. The van der Waals surface area contributed by atoms with E-state index >= 15 is 0 Å². The number of benzene rings is 1. The van der Waals surface area contributed by atoms with Gasteiger partial charge in [0.15, 0.2) is 5.78 Å². The molecule has 0 aliphatic carbocycles. The molecule has 1 aromatic rings. The Hall–Kier alpha value is -0.930. The Labute approximate surface area is 91.0 Å². The monoisotopic (exact) mass is 231 g/mol. The van der Waals surface area contributed by atoms with Crippen LogP contribution in [0.2, 0.25) is 0 Å². The van der Waals surface area contributed by atoms with Gasteiger partial charge in [-0.15, -0.1) is 4.91 Å². The van der Waals surface area contributed by atoms with E-state index in [1.54, 1.807) is 12.1 Å². The van der Waals surface area contributed by atoms with E-state index in [0.29, 0.717) is 0 Å². The second kappa shape index (κ2) is 4.07. The third kappa shape index (κ3) is 1.94. The summed E-state index contributed by atoms with van der Waals surface area (Å²) in [7, 11) is 0. The minimum atomic E-state index is -1.70. The first-order valence-electron chi connectivity index (χ1n) is 3.82. The van der Waals surface area contributed by atoms with Gasteiger partial charge in [-0.25, -0.2) is 0 Å². The van der Waals surface area contributed by atoms with Gasteiger partial charge in [-0.2, -0.15) is 0 Å². The number of carbonyl (C=O) groups is 1. The smallest absolute Gasteiger partial charge is 0.202 e. The number of halogens is 2. The molecule has 1 aromatic carbocycles. The van der Waals surface area contributed by atoms with Crippen LogP contribution in [0.25, 0.3) is 0 Å². The average Bonchev–Trinajstić information content (AvgIpc) is 2.17. The van der Waals surface area contributed by atoms with E-state index in [4.69, 9.17) is 23.2 Å². The minimum Gasteiger partial charge on any atom is -0.296 e. The predicted molar refractivity (Wildman–Crippen MR) is 56.0 cm³/mol. The van der Waals surface area contributed by atoms with Crippen LogP contribution in [0.4, 0.5) is 5.69 Å². The molecule has 0 bridgehead atoms. The molecule has 0 radical (unpaired) electrons. The zero-order valence-corrected chi connectivity index (χ0v) is 8.84. The van der Waals surface area contributed by atoms with Crippen molar-refractivity contribution in [3.05, 3.63) is 34.7 Å². The SMILES string of the molecule is CC(=O)C(Cl)(Cl)c1ccccc1N=O. The number of alkyl halides is 2. The summed E-state index contributed by atoms with van der Waals surface area (Å²) in [6, 6.07) is 6.19. The van der Waals surface area contributed by atoms with Crippen LogP contribution in [0, 0.1) is 4.91 Å². The summed E-state index contributed by atoms with van der Waals surface area (Å²) in [5, 5.41) is 2.75. The Morgan fingerprint density at radius 1 is 1.36 bits per heavy atom. The fourth-order valence-corrected chi connectivity index (χ4v) is 1.33. The summed E-state index contributed by atoms with van der Waals surface area (Å²) in [5.41, 5.74) is 0.290. The van der Waals surface area contributed by atoms with E-state index in [0.717, 1.165) is 0 Å². The fourth-order valence-electron chi connectivity index (χ4n) is 1.01. The molecule has 1 rings (SSSR count). The molecule has 5 heteroatoms. The van der Waals surface area contributed by atoms with Crippen molar-refractivity contribution >= 4 is 34.7 Å². The molecular weight excluding hydrogens is 225 g/mol. The van der Waals surface area contributed by atoms with Crippen LogP contribution in [0.15, 0.2) is 29.4 Å². The van der Waals surface area contributed by atoms with E-state index in [1.165, 1.54) is 19.1 Å². The minimum absolute atomic E-state index is 0.0766. The Kier molecular flexibility index (Phi) is 3.24. The first-order valence-corrected chi connectivity index (χ1v) is 4.57. The summed E-state index contributed by atoms with van der Waals surface area (Å²) >= 11 is 11.6. The van der Waals surface area contributed by atoms with E-state index in [9.17, 15) is 9.70 Å². The second-order valence-corrected chi connectivity index (χ2v) is 4.07. The molecule has 0 atom stereocenters. The largest absolute Gasteiger partial charge is 0.296 e. The fraction of sp³-hybridized carbons (Fsp3) is 0.222. The molecule has 0 aromatic heterocycles. The van der Waals surface area contributed by atoms with Crippen LogP contribution in [-0.2, 0) is 9.13 Å². The maximum absolute atomic E-state index is 11.1. The molecule has 0 aliphatic rings. The quantitative estimate of drug-likeness (QED) is 0.592. The zero-order chi connectivity index (χ0) is 10.8. The molecule has 74 valence electrons. The molecule has 0 N–H and O–H groups in total. The van der Waals surface area contributed by atoms with Gasteiger partial charge < -0.3 is 0 Å². The summed E-state index contributed by atoms with van der Waals surface area (Å²) in [4.78, 5) is 21.5. The molecule has 0 saturated carbocycles. The normalized spacial score (nSPS) is 11.1. The number of Topliss-reactive ketones (excluding diaryl/α,β-unsaturated/α-hetero) is 1. The van der Waals surface area contributed by atoms with Crippen molar-refractivity contribution in [2.24, 2.45) is 5.18 Å². The lowest BCUT2D eigenvalue weighted by Crippen LogP contribution is -2.20. The highest BCUT2D eigenvalue weighted by molar-refractivity contribution is 6.57. The number of hydrogen-bond donors (Lipinski definition) is 0.